The van der Waals surface area contributed by atoms with Crippen LogP contribution in [0, 0.1) is 19.1 Å². The average Bonchev–Trinajstić information content (AvgIpc) is 2.68. The smallest absolute Gasteiger partial charge is 0.224 e. The van der Waals surface area contributed by atoms with Gasteiger partial charge in [-0.15, -0.1) is 0 Å². The summed E-state index contributed by atoms with van der Waals surface area (Å²) in [7, 11) is 0. The Bertz CT molecular complexity index is 742. The van der Waals surface area contributed by atoms with E-state index >= 15 is 0 Å². The molecule has 1 N–H and O–H groups in total. The van der Waals surface area contributed by atoms with Crippen LogP contribution in [0.4, 0.5) is 0 Å². The maximum atomic E-state index is 12.9. The molecule has 2 aromatic rings. The van der Waals surface area contributed by atoms with Gasteiger partial charge in [0.1, 0.15) is 0 Å². The number of aryl methyl sites for hydroxylation is 2. The second-order valence-corrected chi connectivity index (χ2v) is 7.03. The van der Waals surface area contributed by atoms with Gasteiger partial charge in [0.2, 0.25) is 5.71 Å². The molecule has 0 spiro atoms. The first-order valence-corrected chi connectivity index (χ1v) is 7.98. The van der Waals surface area contributed by atoms with Crippen molar-refractivity contribution < 1.29 is 9.85 Å². The molecule has 1 aliphatic rings. The third-order valence-corrected chi connectivity index (χ3v) is 4.88. The van der Waals surface area contributed by atoms with Gasteiger partial charge in [0.25, 0.3) is 0 Å². The molecular weight excluding hydrogens is 286 g/mol. The summed E-state index contributed by atoms with van der Waals surface area (Å²) in [5, 5.41) is 23.8. The molecule has 0 unspecified atom stereocenters. The Morgan fingerprint density at radius 3 is 1.91 bits per heavy atom. The van der Waals surface area contributed by atoms with Crippen LogP contribution < -0.4 is 0 Å². The third-order valence-electron chi connectivity index (χ3n) is 4.88. The zero-order valence-corrected chi connectivity index (χ0v) is 14.1. The van der Waals surface area contributed by atoms with E-state index in [1.165, 1.54) is 5.56 Å². The first-order valence-electron chi connectivity index (χ1n) is 7.98. The molecule has 1 heterocycles. The summed E-state index contributed by atoms with van der Waals surface area (Å²) in [5.74, 6) is -0.253. The molecule has 0 fully saturated rings. The summed E-state index contributed by atoms with van der Waals surface area (Å²) in [4.78, 5) is 0. The van der Waals surface area contributed by atoms with Crippen LogP contribution in [0.1, 0.15) is 42.0 Å². The van der Waals surface area contributed by atoms with E-state index in [1.807, 2.05) is 76.2 Å². The zero-order valence-electron chi connectivity index (χ0n) is 14.1. The van der Waals surface area contributed by atoms with Gasteiger partial charge in [-0.2, -0.15) is 0 Å². The lowest BCUT2D eigenvalue weighted by molar-refractivity contribution is -0.534. The highest BCUT2D eigenvalue weighted by Gasteiger charge is 2.53. The van der Waals surface area contributed by atoms with E-state index in [4.69, 9.17) is 0 Å². The van der Waals surface area contributed by atoms with Gasteiger partial charge >= 0.3 is 0 Å². The molecular formula is C20H23NO2. The van der Waals surface area contributed by atoms with Gasteiger partial charge in [0.05, 0.1) is 5.92 Å². The lowest BCUT2D eigenvalue weighted by atomic mass is 9.79. The molecule has 0 amide bonds. The molecule has 3 rings (SSSR count). The van der Waals surface area contributed by atoms with Crippen molar-refractivity contribution in [1.82, 2.24) is 0 Å². The van der Waals surface area contributed by atoms with Crippen molar-refractivity contribution in [3.63, 3.8) is 0 Å². The van der Waals surface area contributed by atoms with E-state index in [0.717, 1.165) is 21.4 Å². The first kappa shape index (κ1) is 15.8. The minimum absolute atomic E-state index is 0.253. The molecule has 120 valence electrons. The largest absolute Gasteiger partial charge is 0.623 e. The van der Waals surface area contributed by atoms with Crippen LogP contribution in [0.2, 0.25) is 0 Å². The highest BCUT2D eigenvalue weighted by Crippen LogP contribution is 2.40. The molecule has 23 heavy (non-hydrogen) atoms. The molecule has 2 atom stereocenters. The maximum absolute atomic E-state index is 12.9. The molecule has 2 aromatic carbocycles. The predicted molar refractivity (Wildman–Crippen MR) is 92.9 cm³/mol. The molecule has 3 heteroatoms. The average molecular weight is 309 g/mol. The van der Waals surface area contributed by atoms with Crippen molar-refractivity contribution in [3.8, 4) is 0 Å². The number of rotatable bonds is 2. The quantitative estimate of drug-likeness (QED) is 0.681. The minimum Gasteiger partial charge on any atom is -0.623 e. The van der Waals surface area contributed by atoms with Crippen molar-refractivity contribution in [2.24, 2.45) is 0 Å². The highest BCUT2D eigenvalue weighted by atomic mass is 16.5. The van der Waals surface area contributed by atoms with E-state index in [2.05, 4.69) is 0 Å². The summed E-state index contributed by atoms with van der Waals surface area (Å²) < 4.78 is 0.993. The fraction of sp³-hybridized carbons (Fsp3) is 0.350. The number of hydrogen-bond donors (Lipinski definition) is 1. The van der Waals surface area contributed by atoms with E-state index < -0.39 is 11.6 Å². The van der Waals surface area contributed by atoms with Crippen LogP contribution in [-0.4, -0.2) is 27.2 Å². The summed E-state index contributed by atoms with van der Waals surface area (Å²) in [6, 6.07) is 15.8. The van der Waals surface area contributed by atoms with Gasteiger partial charge in [-0.25, -0.2) is 4.74 Å². The van der Waals surface area contributed by atoms with Crippen molar-refractivity contribution in [2.75, 3.05) is 0 Å². The van der Waals surface area contributed by atoms with E-state index in [9.17, 15) is 10.3 Å². The number of hydroxylamine groups is 1. The second kappa shape index (κ2) is 5.50. The Balaban J connectivity index is 2.07. The summed E-state index contributed by atoms with van der Waals surface area (Å²) >= 11 is 0. The van der Waals surface area contributed by atoms with Crippen molar-refractivity contribution in [3.05, 3.63) is 76.0 Å². The third kappa shape index (κ3) is 2.55. The molecule has 0 radical (unpaired) electrons. The summed E-state index contributed by atoms with van der Waals surface area (Å²) in [6.45, 7) is 7.83. The van der Waals surface area contributed by atoms with Crippen molar-refractivity contribution in [2.45, 2.75) is 45.3 Å². The standard InChI is InChI=1S/C20H23NO2/c1-13-5-9-15(10-6-13)17-19(22)18(21(23)20(17,3)4)16-11-7-14(2)8-12-16/h5-12,17,19,22H,1-4H3/t17-,19-/m0/s1. The predicted octanol–water partition coefficient (Wildman–Crippen LogP) is 3.54. The number of aliphatic hydroxyl groups is 1. The monoisotopic (exact) mass is 309 g/mol. The zero-order chi connectivity index (χ0) is 16.8. The lowest BCUT2D eigenvalue weighted by Gasteiger charge is -2.27. The molecule has 0 aromatic heterocycles. The Kier molecular flexibility index (Phi) is 3.77. The SMILES string of the molecule is Cc1ccc(C2=[N+]([O-])C(C)(C)[C@@H](c3ccc(C)cc3)[C@@H]2O)cc1. The van der Waals surface area contributed by atoms with Gasteiger partial charge < -0.3 is 10.3 Å². The fourth-order valence-corrected chi connectivity index (χ4v) is 3.48. The van der Waals surface area contributed by atoms with Crippen LogP contribution in [-0.2, 0) is 0 Å². The Labute approximate surface area is 137 Å². The van der Waals surface area contributed by atoms with Crippen LogP contribution in [0.15, 0.2) is 48.5 Å². The summed E-state index contributed by atoms with van der Waals surface area (Å²) in [6.07, 6.45) is -0.812. The van der Waals surface area contributed by atoms with Gasteiger partial charge in [-0.3, -0.25) is 0 Å². The fourth-order valence-electron chi connectivity index (χ4n) is 3.48. The van der Waals surface area contributed by atoms with Crippen LogP contribution in [0.25, 0.3) is 0 Å². The molecule has 0 saturated carbocycles. The van der Waals surface area contributed by atoms with Gasteiger partial charge in [-0.1, -0.05) is 47.5 Å². The maximum Gasteiger partial charge on any atom is 0.224 e. The number of hydrogen-bond acceptors (Lipinski definition) is 2. The molecule has 3 nitrogen and oxygen atoms in total. The van der Waals surface area contributed by atoms with Crippen LogP contribution >= 0.6 is 0 Å². The minimum atomic E-state index is -0.812. The van der Waals surface area contributed by atoms with Crippen LogP contribution in [0.3, 0.4) is 0 Å². The Hall–Kier alpha value is -2.13. The van der Waals surface area contributed by atoms with Crippen molar-refractivity contribution in [1.29, 1.82) is 0 Å². The normalized spacial score (nSPS) is 23.3. The first-order chi connectivity index (χ1) is 10.8. The lowest BCUT2D eigenvalue weighted by Crippen LogP contribution is -2.36. The van der Waals surface area contributed by atoms with E-state index in [1.54, 1.807) is 0 Å². The van der Waals surface area contributed by atoms with Crippen LogP contribution in [0.5, 0.6) is 0 Å². The molecule has 0 bridgehead atoms. The number of benzene rings is 2. The second-order valence-electron chi connectivity index (χ2n) is 7.03. The topological polar surface area (TPSA) is 46.3 Å². The van der Waals surface area contributed by atoms with Gasteiger partial charge in [0.15, 0.2) is 11.6 Å². The molecule has 0 saturated heterocycles. The summed E-state index contributed by atoms with van der Waals surface area (Å²) in [5.41, 5.74) is 3.85. The van der Waals surface area contributed by atoms with Gasteiger partial charge in [0, 0.05) is 19.4 Å². The number of nitrogens with zero attached hydrogens (tertiary/aromatic N) is 1. The number of aliphatic hydroxyl groups excluding tert-OH is 1. The molecule has 0 aliphatic carbocycles. The van der Waals surface area contributed by atoms with E-state index in [-0.39, 0.29) is 5.92 Å². The van der Waals surface area contributed by atoms with Crippen molar-refractivity contribution >= 4 is 5.71 Å². The Morgan fingerprint density at radius 1 is 0.913 bits per heavy atom. The molecule has 1 aliphatic heterocycles. The highest BCUT2D eigenvalue weighted by molar-refractivity contribution is 6.02. The van der Waals surface area contributed by atoms with Gasteiger partial charge in [-0.05, 0) is 31.5 Å². The van der Waals surface area contributed by atoms with E-state index in [0.29, 0.717) is 5.71 Å². The Morgan fingerprint density at radius 2 is 1.39 bits per heavy atom.